The topological polar surface area (TPSA) is 72.9 Å². The molecule has 0 saturated carbocycles. The van der Waals surface area contributed by atoms with Crippen LogP contribution in [0.5, 0.6) is 11.5 Å². The maximum Gasteiger partial charge on any atom is 0.259 e. The predicted molar refractivity (Wildman–Crippen MR) is 102 cm³/mol. The highest BCUT2D eigenvalue weighted by Crippen LogP contribution is 2.38. The molecule has 1 saturated heterocycles. The summed E-state index contributed by atoms with van der Waals surface area (Å²) in [5, 5.41) is 3.27. The zero-order chi connectivity index (χ0) is 18.6. The molecule has 0 atom stereocenters. The van der Waals surface area contributed by atoms with Crippen molar-refractivity contribution in [1.82, 2.24) is 4.98 Å². The quantitative estimate of drug-likeness (QED) is 0.870. The van der Waals surface area contributed by atoms with E-state index in [9.17, 15) is 4.79 Å². The van der Waals surface area contributed by atoms with Crippen LogP contribution in [0.2, 0.25) is 5.02 Å². The molecule has 0 radical (unpaired) electrons. The Bertz CT molecular complexity index is 840. The summed E-state index contributed by atoms with van der Waals surface area (Å²) >= 11 is 6.34. The van der Waals surface area contributed by atoms with Gasteiger partial charge in [0, 0.05) is 37.8 Å². The summed E-state index contributed by atoms with van der Waals surface area (Å²) in [6.07, 6.45) is 2.48. The number of amides is 1. The van der Waals surface area contributed by atoms with E-state index in [-0.39, 0.29) is 5.91 Å². The number of carbonyl (C=O) groups is 1. The van der Waals surface area contributed by atoms with Gasteiger partial charge in [-0.15, -0.1) is 0 Å². The SMILES string of the molecule is O=C(Nc1cc2c(cc1Cl)OCCCO2)c1cccnc1N1CCOCC1. The minimum Gasteiger partial charge on any atom is -0.490 e. The normalized spacial score (nSPS) is 16.6. The van der Waals surface area contributed by atoms with Gasteiger partial charge in [0.1, 0.15) is 5.82 Å². The largest absolute Gasteiger partial charge is 0.490 e. The zero-order valence-corrected chi connectivity index (χ0v) is 15.5. The first kappa shape index (κ1) is 17.9. The monoisotopic (exact) mass is 389 g/mol. The number of nitrogens with one attached hydrogen (secondary N) is 1. The number of rotatable bonds is 3. The molecule has 2 aliphatic rings. The third-order valence-electron chi connectivity index (χ3n) is 4.43. The average Bonchev–Trinajstić information content (AvgIpc) is 2.94. The summed E-state index contributed by atoms with van der Waals surface area (Å²) in [4.78, 5) is 19.4. The van der Waals surface area contributed by atoms with Gasteiger partial charge in [0.15, 0.2) is 11.5 Å². The first-order chi connectivity index (χ1) is 13.2. The van der Waals surface area contributed by atoms with Crippen LogP contribution in [0, 0.1) is 0 Å². The molecule has 2 aromatic rings. The molecule has 2 aliphatic heterocycles. The van der Waals surface area contributed by atoms with Crippen molar-refractivity contribution in [2.75, 3.05) is 49.7 Å². The molecule has 4 rings (SSSR count). The summed E-state index contributed by atoms with van der Waals surface area (Å²) in [7, 11) is 0. The second-order valence-electron chi connectivity index (χ2n) is 6.26. The second kappa shape index (κ2) is 8.02. The number of morpholine rings is 1. The Morgan fingerprint density at radius 1 is 1.11 bits per heavy atom. The van der Waals surface area contributed by atoms with Crippen molar-refractivity contribution in [1.29, 1.82) is 0 Å². The Balaban J connectivity index is 1.59. The highest BCUT2D eigenvalue weighted by Gasteiger charge is 2.21. The average molecular weight is 390 g/mol. The molecular weight excluding hydrogens is 370 g/mol. The first-order valence-corrected chi connectivity index (χ1v) is 9.28. The van der Waals surface area contributed by atoms with Crippen LogP contribution in [-0.4, -0.2) is 50.4 Å². The zero-order valence-electron chi connectivity index (χ0n) is 14.7. The smallest absolute Gasteiger partial charge is 0.259 e. The number of fused-ring (bicyclic) bond motifs is 1. The molecule has 0 aliphatic carbocycles. The van der Waals surface area contributed by atoms with Crippen molar-refractivity contribution in [3.63, 3.8) is 0 Å². The lowest BCUT2D eigenvalue weighted by atomic mass is 10.2. The number of nitrogens with zero attached hydrogens (tertiary/aromatic N) is 2. The second-order valence-corrected chi connectivity index (χ2v) is 6.66. The lowest BCUT2D eigenvalue weighted by Gasteiger charge is -2.29. The lowest BCUT2D eigenvalue weighted by molar-refractivity contribution is 0.102. The van der Waals surface area contributed by atoms with Gasteiger partial charge < -0.3 is 24.4 Å². The molecule has 0 bridgehead atoms. The number of anilines is 2. The van der Waals surface area contributed by atoms with E-state index in [0.29, 0.717) is 73.1 Å². The van der Waals surface area contributed by atoms with E-state index in [4.69, 9.17) is 25.8 Å². The van der Waals surface area contributed by atoms with Crippen LogP contribution < -0.4 is 19.7 Å². The molecule has 1 aromatic carbocycles. The molecule has 0 unspecified atom stereocenters. The van der Waals surface area contributed by atoms with E-state index in [2.05, 4.69) is 10.3 Å². The molecule has 27 heavy (non-hydrogen) atoms. The molecule has 8 heteroatoms. The number of benzene rings is 1. The molecule has 3 heterocycles. The van der Waals surface area contributed by atoms with Crippen molar-refractivity contribution >= 4 is 29.0 Å². The fourth-order valence-corrected chi connectivity index (χ4v) is 3.27. The number of halogens is 1. The van der Waals surface area contributed by atoms with Crippen molar-refractivity contribution in [3.05, 3.63) is 41.0 Å². The molecule has 1 fully saturated rings. The van der Waals surface area contributed by atoms with Gasteiger partial charge in [-0.2, -0.15) is 0 Å². The predicted octanol–water partition coefficient (Wildman–Crippen LogP) is 2.99. The highest BCUT2D eigenvalue weighted by molar-refractivity contribution is 6.34. The molecule has 1 N–H and O–H groups in total. The number of carbonyl (C=O) groups excluding carboxylic acids is 1. The van der Waals surface area contributed by atoms with E-state index in [1.807, 2.05) is 4.90 Å². The summed E-state index contributed by atoms with van der Waals surface area (Å²) in [6.45, 7) is 3.76. The van der Waals surface area contributed by atoms with Crippen LogP contribution in [0.1, 0.15) is 16.8 Å². The Morgan fingerprint density at radius 2 is 1.85 bits per heavy atom. The Kier molecular flexibility index (Phi) is 5.31. The Labute approximate surface area is 162 Å². The fraction of sp³-hybridized carbons (Fsp3) is 0.368. The standard InChI is InChI=1S/C19H20ClN3O4/c20-14-11-16-17(27-8-2-7-26-16)12-15(14)22-19(24)13-3-1-4-21-18(13)23-5-9-25-10-6-23/h1,3-4,11-12H,2,5-10H2,(H,22,24). The van der Waals surface area contributed by atoms with Crippen LogP contribution in [0.3, 0.4) is 0 Å². The van der Waals surface area contributed by atoms with Gasteiger partial charge in [0.25, 0.3) is 5.91 Å². The molecule has 142 valence electrons. The molecule has 1 aromatic heterocycles. The third kappa shape index (κ3) is 3.94. The minimum atomic E-state index is -0.277. The van der Waals surface area contributed by atoms with Gasteiger partial charge >= 0.3 is 0 Å². The van der Waals surface area contributed by atoms with E-state index in [0.717, 1.165) is 6.42 Å². The number of pyridine rings is 1. The van der Waals surface area contributed by atoms with Crippen LogP contribution in [0.25, 0.3) is 0 Å². The number of ether oxygens (including phenoxy) is 3. The number of hydrogen-bond acceptors (Lipinski definition) is 6. The van der Waals surface area contributed by atoms with Crippen molar-refractivity contribution < 1.29 is 19.0 Å². The van der Waals surface area contributed by atoms with Crippen molar-refractivity contribution in [3.8, 4) is 11.5 Å². The Morgan fingerprint density at radius 3 is 2.63 bits per heavy atom. The van der Waals surface area contributed by atoms with Crippen LogP contribution in [0.15, 0.2) is 30.5 Å². The van der Waals surface area contributed by atoms with E-state index < -0.39 is 0 Å². The van der Waals surface area contributed by atoms with Gasteiger partial charge in [-0.05, 0) is 12.1 Å². The maximum atomic E-state index is 12.9. The van der Waals surface area contributed by atoms with Crippen molar-refractivity contribution in [2.24, 2.45) is 0 Å². The molecule has 7 nitrogen and oxygen atoms in total. The van der Waals surface area contributed by atoms with Crippen LogP contribution >= 0.6 is 11.6 Å². The van der Waals surface area contributed by atoms with Gasteiger partial charge in [-0.1, -0.05) is 11.6 Å². The summed E-state index contributed by atoms with van der Waals surface area (Å²) < 4.78 is 16.7. The highest BCUT2D eigenvalue weighted by atomic mass is 35.5. The van der Waals surface area contributed by atoms with Gasteiger partial charge in [0.05, 0.1) is 42.7 Å². The minimum absolute atomic E-state index is 0.277. The number of hydrogen-bond donors (Lipinski definition) is 1. The maximum absolute atomic E-state index is 12.9. The van der Waals surface area contributed by atoms with E-state index in [1.165, 1.54) is 0 Å². The van der Waals surface area contributed by atoms with Crippen LogP contribution in [0.4, 0.5) is 11.5 Å². The van der Waals surface area contributed by atoms with E-state index in [1.54, 1.807) is 30.5 Å². The third-order valence-corrected chi connectivity index (χ3v) is 4.74. The molecule has 1 amide bonds. The van der Waals surface area contributed by atoms with Gasteiger partial charge in [-0.3, -0.25) is 4.79 Å². The summed E-state index contributed by atoms with van der Waals surface area (Å²) in [6, 6.07) is 6.87. The molecule has 0 spiro atoms. The van der Waals surface area contributed by atoms with Gasteiger partial charge in [0.2, 0.25) is 0 Å². The lowest BCUT2D eigenvalue weighted by Crippen LogP contribution is -2.38. The van der Waals surface area contributed by atoms with Crippen molar-refractivity contribution in [2.45, 2.75) is 6.42 Å². The fourth-order valence-electron chi connectivity index (χ4n) is 3.07. The number of aromatic nitrogens is 1. The molecular formula is C19H20ClN3O4. The Hall–Kier alpha value is -2.51. The first-order valence-electron chi connectivity index (χ1n) is 8.90. The van der Waals surface area contributed by atoms with E-state index >= 15 is 0 Å². The summed E-state index contributed by atoms with van der Waals surface area (Å²) in [5.41, 5.74) is 0.963. The summed E-state index contributed by atoms with van der Waals surface area (Å²) in [5.74, 6) is 1.53. The van der Waals surface area contributed by atoms with Gasteiger partial charge in [-0.25, -0.2) is 4.98 Å². The van der Waals surface area contributed by atoms with Crippen LogP contribution in [-0.2, 0) is 4.74 Å².